The summed E-state index contributed by atoms with van der Waals surface area (Å²) in [6.07, 6.45) is 0. The number of hydrogen-bond acceptors (Lipinski definition) is 1. The van der Waals surface area contributed by atoms with Gasteiger partial charge in [-0.2, -0.15) is 0 Å². The van der Waals surface area contributed by atoms with Gasteiger partial charge >= 0.3 is 0 Å². The van der Waals surface area contributed by atoms with Crippen molar-refractivity contribution < 1.29 is 4.74 Å². The zero-order valence-electron chi connectivity index (χ0n) is 9.50. The molecule has 0 atom stereocenters. The first kappa shape index (κ1) is 14.1. The van der Waals surface area contributed by atoms with E-state index >= 15 is 0 Å². The summed E-state index contributed by atoms with van der Waals surface area (Å²) in [5, 5.41) is 0.868. The van der Waals surface area contributed by atoms with Crippen LogP contribution in [0, 0.1) is 0 Å². The van der Waals surface area contributed by atoms with Crippen LogP contribution in [0.25, 0.3) is 0 Å². The van der Waals surface area contributed by atoms with Gasteiger partial charge in [0.2, 0.25) is 0 Å². The molecule has 0 radical (unpaired) electrons. The fourth-order valence-electron chi connectivity index (χ4n) is 1.47. The van der Waals surface area contributed by atoms with Crippen LogP contribution in [0.2, 0.25) is 0 Å². The second-order valence-corrected chi connectivity index (χ2v) is 6.08. The maximum Gasteiger partial charge on any atom is 0.119 e. The molecule has 1 nitrogen and oxygen atoms in total. The van der Waals surface area contributed by atoms with Gasteiger partial charge in [-0.1, -0.05) is 34.1 Å². The van der Waals surface area contributed by atoms with Crippen LogP contribution in [0.3, 0.4) is 0 Å². The van der Waals surface area contributed by atoms with Crippen LogP contribution in [0.4, 0.5) is 0 Å². The van der Waals surface area contributed by atoms with Crippen molar-refractivity contribution in [2.24, 2.45) is 0 Å². The molecular formula is C14H11Br3O. The van der Waals surface area contributed by atoms with Crippen LogP contribution in [0.1, 0.15) is 11.1 Å². The van der Waals surface area contributed by atoms with E-state index in [2.05, 4.69) is 66.0 Å². The predicted octanol–water partition coefficient (Wildman–Crippen LogP) is 5.69. The van der Waals surface area contributed by atoms with Gasteiger partial charge in [0.05, 0.1) is 0 Å². The number of hydrogen-bond donors (Lipinski definition) is 0. The Morgan fingerprint density at radius 1 is 0.833 bits per heavy atom. The molecule has 18 heavy (non-hydrogen) atoms. The topological polar surface area (TPSA) is 9.23 Å². The Bertz CT molecular complexity index is 523. The Labute approximate surface area is 132 Å². The summed E-state index contributed by atoms with van der Waals surface area (Å²) >= 11 is 10.4. The molecule has 94 valence electrons. The van der Waals surface area contributed by atoms with E-state index in [1.807, 2.05) is 24.3 Å². The van der Waals surface area contributed by atoms with E-state index in [-0.39, 0.29) is 0 Å². The number of ether oxygens (including phenoxy) is 1. The van der Waals surface area contributed by atoms with Crippen molar-refractivity contribution in [1.82, 2.24) is 0 Å². The third-order valence-corrected chi connectivity index (χ3v) is 4.99. The van der Waals surface area contributed by atoms with Gasteiger partial charge in [0, 0.05) is 14.3 Å². The smallest absolute Gasteiger partial charge is 0.119 e. The Hall–Kier alpha value is -0.320. The quantitative estimate of drug-likeness (QED) is 0.562. The second kappa shape index (κ2) is 6.73. The summed E-state index contributed by atoms with van der Waals surface area (Å²) < 4.78 is 7.82. The molecule has 0 unspecified atom stereocenters. The molecule has 0 saturated heterocycles. The van der Waals surface area contributed by atoms with E-state index in [0.717, 1.165) is 25.6 Å². The van der Waals surface area contributed by atoms with Gasteiger partial charge in [0.25, 0.3) is 0 Å². The fraction of sp³-hybridized carbons (Fsp3) is 0.143. The largest absolute Gasteiger partial charge is 0.489 e. The van der Waals surface area contributed by atoms with Crippen molar-refractivity contribution in [2.45, 2.75) is 11.9 Å². The van der Waals surface area contributed by atoms with E-state index in [4.69, 9.17) is 4.74 Å². The highest BCUT2D eigenvalue weighted by Gasteiger charge is 2.00. The van der Waals surface area contributed by atoms with Crippen LogP contribution in [-0.4, -0.2) is 0 Å². The van der Waals surface area contributed by atoms with Crippen LogP contribution in [0.15, 0.2) is 51.4 Å². The Morgan fingerprint density at radius 3 is 2.11 bits per heavy atom. The minimum absolute atomic E-state index is 0.569. The molecule has 0 amide bonds. The van der Waals surface area contributed by atoms with Gasteiger partial charge in [0.1, 0.15) is 12.4 Å². The lowest BCUT2D eigenvalue weighted by Gasteiger charge is -2.07. The average Bonchev–Trinajstić information content (AvgIpc) is 2.41. The van der Waals surface area contributed by atoms with Crippen molar-refractivity contribution in [3.8, 4) is 5.75 Å². The highest BCUT2D eigenvalue weighted by molar-refractivity contribution is 9.13. The van der Waals surface area contributed by atoms with Crippen LogP contribution < -0.4 is 4.74 Å². The standard InChI is InChI=1S/C14H11Br3O/c15-8-10-1-4-12(5-2-10)18-9-11-3-6-13(16)14(17)7-11/h1-7H,8-9H2. The predicted molar refractivity (Wildman–Crippen MR) is 85.2 cm³/mol. The maximum absolute atomic E-state index is 5.73. The summed E-state index contributed by atoms with van der Waals surface area (Å²) in [7, 11) is 0. The van der Waals surface area contributed by atoms with Gasteiger partial charge in [-0.15, -0.1) is 0 Å². The highest BCUT2D eigenvalue weighted by Crippen LogP contribution is 2.24. The Balaban J connectivity index is 1.99. The lowest BCUT2D eigenvalue weighted by molar-refractivity contribution is 0.306. The molecule has 0 aromatic heterocycles. The van der Waals surface area contributed by atoms with E-state index < -0.39 is 0 Å². The molecule has 0 saturated carbocycles. The fourth-order valence-corrected chi connectivity index (χ4v) is 2.52. The van der Waals surface area contributed by atoms with Gasteiger partial charge in [-0.25, -0.2) is 0 Å². The van der Waals surface area contributed by atoms with Crippen LogP contribution in [0.5, 0.6) is 5.75 Å². The van der Waals surface area contributed by atoms with Crippen molar-refractivity contribution in [2.75, 3.05) is 0 Å². The van der Waals surface area contributed by atoms with Crippen molar-refractivity contribution in [3.63, 3.8) is 0 Å². The SMILES string of the molecule is BrCc1ccc(OCc2ccc(Br)c(Br)c2)cc1. The number of alkyl halides is 1. The van der Waals surface area contributed by atoms with Gasteiger partial charge in [-0.05, 0) is 67.3 Å². The molecule has 2 aromatic carbocycles. The number of halogens is 3. The summed E-state index contributed by atoms with van der Waals surface area (Å²) in [4.78, 5) is 0. The maximum atomic E-state index is 5.73. The lowest BCUT2D eigenvalue weighted by atomic mass is 10.2. The molecule has 2 rings (SSSR count). The molecule has 2 aromatic rings. The summed E-state index contributed by atoms with van der Waals surface area (Å²) in [6, 6.07) is 14.2. The molecule has 0 N–H and O–H groups in total. The third-order valence-electron chi connectivity index (χ3n) is 2.47. The first-order valence-corrected chi connectivity index (χ1v) is 8.11. The van der Waals surface area contributed by atoms with Crippen molar-refractivity contribution in [3.05, 3.63) is 62.5 Å². The number of rotatable bonds is 4. The first-order valence-electron chi connectivity index (χ1n) is 5.40. The molecule has 0 aliphatic rings. The summed E-state index contributed by atoms with van der Waals surface area (Å²) in [6.45, 7) is 0.569. The molecule has 0 aliphatic carbocycles. The molecule has 0 fully saturated rings. The molecule has 0 aliphatic heterocycles. The molecule has 0 heterocycles. The Kier molecular flexibility index (Phi) is 5.27. The highest BCUT2D eigenvalue weighted by atomic mass is 79.9. The van der Waals surface area contributed by atoms with E-state index in [9.17, 15) is 0 Å². The molecule has 4 heteroatoms. The molecular weight excluding hydrogens is 424 g/mol. The van der Waals surface area contributed by atoms with Crippen molar-refractivity contribution >= 4 is 47.8 Å². The van der Waals surface area contributed by atoms with Gasteiger partial charge in [-0.3, -0.25) is 0 Å². The van der Waals surface area contributed by atoms with E-state index in [1.54, 1.807) is 0 Å². The normalized spacial score (nSPS) is 10.4. The minimum atomic E-state index is 0.569. The average molecular weight is 435 g/mol. The number of benzene rings is 2. The first-order chi connectivity index (χ1) is 8.69. The zero-order valence-corrected chi connectivity index (χ0v) is 14.3. The van der Waals surface area contributed by atoms with Gasteiger partial charge < -0.3 is 4.74 Å². The summed E-state index contributed by atoms with van der Waals surface area (Å²) in [5.41, 5.74) is 2.38. The molecule has 0 bridgehead atoms. The van der Waals surface area contributed by atoms with E-state index in [0.29, 0.717) is 6.61 Å². The monoisotopic (exact) mass is 432 g/mol. The van der Waals surface area contributed by atoms with Crippen molar-refractivity contribution in [1.29, 1.82) is 0 Å². The lowest BCUT2D eigenvalue weighted by Crippen LogP contribution is -1.95. The summed E-state index contributed by atoms with van der Waals surface area (Å²) in [5.74, 6) is 0.888. The Morgan fingerprint density at radius 2 is 1.50 bits per heavy atom. The minimum Gasteiger partial charge on any atom is -0.489 e. The van der Waals surface area contributed by atoms with E-state index in [1.165, 1.54) is 5.56 Å². The van der Waals surface area contributed by atoms with Crippen LogP contribution >= 0.6 is 47.8 Å². The second-order valence-electron chi connectivity index (χ2n) is 3.81. The zero-order chi connectivity index (χ0) is 13.0. The third kappa shape index (κ3) is 3.84. The van der Waals surface area contributed by atoms with Crippen LogP contribution in [-0.2, 0) is 11.9 Å². The molecule has 0 spiro atoms. The van der Waals surface area contributed by atoms with Gasteiger partial charge in [0.15, 0.2) is 0 Å².